The molecule has 2 aromatic carbocycles. The molecule has 0 heterocycles. The Kier molecular flexibility index (Phi) is 5.16. The fourth-order valence-corrected chi connectivity index (χ4v) is 2.58. The van der Waals surface area contributed by atoms with Gasteiger partial charge in [-0.3, -0.25) is 0 Å². The summed E-state index contributed by atoms with van der Waals surface area (Å²) in [6, 6.07) is 15.2. The molecule has 0 aromatic heterocycles. The number of rotatable bonds is 5. The first-order valence-electron chi connectivity index (χ1n) is 6.79. The van der Waals surface area contributed by atoms with Crippen molar-refractivity contribution in [2.75, 3.05) is 0 Å². The van der Waals surface area contributed by atoms with Crippen molar-refractivity contribution < 1.29 is 4.39 Å². The van der Waals surface area contributed by atoms with Gasteiger partial charge in [0.1, 0.15) is 5.82 Å². The van der Waals surface area contributed by atoms with E-state index in [9.17, 15) is 4.39 Å². The van der Waals surface area contributed by atoms with Gasteiger partial charge in [-0.15, -0.1) is 0 Å². The van der Waals surface area contributed by atoms with Crippen molar-refractivity contribution >= 4 is 11.6 Å². The van der Waals surface area contributed by atoms with E-state index in [1.807, 2.05) is 18.2 Å². The highest BCUT2D eigenvalue weighted by Gasteiger charge is 2.14. The van der Waals surface area contributed by atoms with Crippen molar-refractivity contribution in [1.29, 1.82) is 0 Å². The summed E-state index contributed by atoms with van der Waals surface area (Å²) in [5.74, 6) is 0.150. The molecule has 0 fully saturated rings. The molecule has 0 saturated carbocycles. The normalized spacial score (nSPS) is 12.7. The number of hydrogen-bond donors (Lipinski definition) is 1. The predicted octanol–water partition coefficient (Wildman–Crippen LogP) is 4.97. The zero-order valence-corrected chi connectivity index (χ0v) is 12.5. The zero-order valence-electron chi connectivity index (χ0n) is 11.7. The summed E-state index contributed by atoms with van der Waals surface area (Å²) in [6.07, 6.45) is 0. The molecule has 2 aromatic rings. The van der Waals surface area contributed by atoms with Gasteiger partial charge < -0.3 is 5.32 Å². The summed E-state index contributed by atoms with van der Waals surface area (Å²) in [5.41, 5.74) is 2.10. The molecule has 0 spiro atoms. The van der Waals surface area contributed by atoms with Crippen LogP contribution < -0.4 is 5.32 Å². The molecule has 106 valence electrons. The molecular weight excluding hydrogens is 273 g/mol. The minimum absolute atomic E-state index is 0.234. The second-order valence-corrected chi connectivity index (χ2v) is 5.73. The van der Waals surface area contributed by atoms with Crippen molar-refractivity contribution in [3.8, 4) is 0 Å². The molecule has 0 aliphatic carbocycles. The SMILES string of the molecule is CC(C)C(NCc1cc(F)cc(Cl)c1)c1ccccc1. The zero-order chi connectivity index (χ0) is 14.5. The Labute approximate surface area is 124 Å². The summed E-state index contributed by atoms with van der Waals surface area (Å²) < 4.78 is 13.3. The molecule has 1 atom stereocenters. The van der Waals surface area contributed by atoms with Gasteiger partial charge in [-0.05, 0) is 35.2 Å². The fourth-order valence-electron chi connectivity index (χ4n) is 2.34. The summed E-state index contributed by atoms with van der Waals surface area (Å²) in [4.78, 5) is 0. The standard InChI is InChI=1S/C17H19ClFN/c1-12(2)17(14-6-4-3-5-7-14)20-11-13-8-15(18)10-16(19)9-13/h3-10,12,17,20H,11H2,1-2H3. The second kappa shape index (κ2) is 6.87. The Morgan fingerprint density at radius 2 is 1.80 bits per heavy atom. The lowest BCUT2D eigenvalue weighted by Gasteiger charge is -2.23. The van der Waals surface area contributed by atoms with Crippen molar-refractivity contribution in [3.63, 3.8) is 0 Å². The summed E-state index contributed by atoms with van der Waals surface area (Å²) in [5, 5.41) is 3.91. The van der Waals surface area contributed by atoms with Crippen LogP contribution in [0.4, 0.5) is 4.39 Å². The quantitative estimate of drug-likeness (QED) is 0.820. The van der Waals surface area contributed by atoms with Gasteiger partial charge in [-0.2, -0.15) is 0 Å². The molecule has 0 aliphatic heterocycles. The minimum Gasteiger partial charge on any atom is -0.306 e. The average molecular weight is 292 g/mol. The van der Waals surface area contributed by atoms with Crippen LogP contribution in [0.15, 0.2) is 48.5 Å². The molecular formula is C17H19ClFN. The van der Waals surface area contributed by atoms with Crippen molar-refractivity contribution in [2.24, 2.45) is 5.92 Å². The maximum atomic E-state index is 13.3. The van der Waals surface area contributed by atoms with Gasteiger partial charge in [-0.25, -0.2) is 4.39 Å². The number of nitrogens with one attached hydrogen (secondary N) is 1. The molecule has 0 saturated heterocycles. The van der Waals surface area contributed by atoms with E-state index in [1.165, 1.54) is 17.7 Å². The van der Waals surface area contributed by atoms with Crippen LogP contribution in [0.1, 0.15) is 31.0 Å². The number of benzene rings is 2. The van der Waals surface area contributed by atoms with Crippen LogP contribution in [0.25, 0.3) is 0 Å². The highest BCUT2D eigenvalue weighted by Crippen LogP contribution is 2.22. The van der Waals surface area contributed by atoms with Crippen LogP contribution in [-0.2, 0) is 6.54 Å². The van der Waals surface area contributed by atoms with E-state index in [0.717, 1.165) is 5.56 Å². The third-order valence-electron chi connectivity index (χ3n) is 3.27. The van der Waals surface area contributed by atoms with E-state index in [2.05, 4.69) is 31.3 Å². The number of halogens is 2. The molecule has 0 bridgehead atoms. The average Bonchev–Trinajstić information content (AvgIpc) is 2.38. The minimum atomic E-state index is -0.296. The monoisotopic (exact) mass is 291 g/mol. The molecule has 1 N–H and O–H groups in total. The van der Waals surface area contributed by atoms with Crippen molar-refractivity contribution in [3.05, 3.63) is 70.5 Å². The van der Waals surface area contributed by atoms with Crippen molar-refractivity contribution in [1.82, 2.24) is 5.32 Å². The van der Waals surface area contributed by atoms with Gasteiger partial charge in [0.25, 0.3) is 0 Å². The third-order valence-corrected chi connectivity index (χ3v) is 3.49. The molecule has 20 heavy (non-hydrogen) atoms. The van der Waals surface area contributed by atoms with Crippen LogP contribution in [0.2, 0.25) is 5.02 Å². The van der Waals surface area contributed by atoms with E-state index < -0.39 is 0 Å². The molecule has 0 aliphatic rings. The van der Waals surface area contributed by atoms with Gasteiger partial charge >= 0.3 is 0 Å². The van der Waals surface area contributed by atoms with E-state index in [1.54, 1.807) is 6.07 Å². The number of hydrogen-bond acceptors (Lipinski definition) is 1. The maximum absolute atomic E-state index is 13.3. The molecule has 1 unspecified atom stereocenters. The van der Waals surface area contributed by atoms with E-state index in [-0.39, 0.29) is 11.9 Å². The van der Waals surface area contributed by atoms with Crippen molar-refractivity contribution in [2.45, 2.75) is 26.4 Å². The molecule has 0 radical (unpaired) electrons. The first kappa shape index (κ1) is 15.0. The van der Waals surface area contributed by atoms with Gasteiger partial charge in [0.15, 0.2) is 0 Å². The maximum Gasteiger partial charge on any atom is 0.125 e. The van der Waals surface area contributed by atoms with Gasteiger partial charge in [0, 0.05) is 17.6 Å². The highest BCUT2D eigenvalue weighted by molar-refractivity contribution is 6.30. The first-order chi connectivity index (χ1) is 9.56. The molecule has 1 nitrogen and oxygen atoms in total. The van der Waals surface area contributed by atoms with E-state index >= 15 is 0 Å². The first-order valence-corrected chi connectivity index (χ1v) is 7.17. The predicted molar refractivity (Wildman–Crippen MR) is 82.3 cm³/mol. The van der Waals surface area contributed by atoms with Crippen LogP contribution in [0, 0.1) is 11.7 Å². The summed E-state index contributed by atoms with van der Waals surface area (Å²) in [7, 11) is 0. The largest absolute Gasteiger partial charge is 0.306 e. The molecule has 2 rings (SSSR count). The van der Waals surface area contributed by atoms with Gasteiger partial charge in [-0.1, -0.05) is 55.8 Å². The van der Waals surface area contributed by atoms with Crippen LogP contribution >= 0.6 is 11.6 Å². The van der Waals surface area contributed by atoms with Crippen LogP contribution in [0.3, 0.4) is 0 Å². The van der Waals surface area contributed by atoms with Gasteiger partial charge in [0.05, 0.1) is 0 Å². The Bertz CT molecular complexity index is 534. The lowest BCUT2D eigenvalue weighted by Crippen LogP contribution is -2.25. The fraction of sp³-hybridized carbons (Fsp3) is 0.294. The smallest absolute Gasteiger partial charge is 0.125 e. The second-order valence-electron chi connectivity index (χ2n) is 5.29. The lowest BCUT2D eigenvalue weighted by atomic mass is 9.96. The Morgan fingerprint density at radius 1 is 1.10 bits per heavy atom. The van der Waals surface area contributed by atoms with Crippen LogP contribution in [0.5, 0.6) is 0 Å². The Hall–Kier alpha value is -1.38. The molecule has 3 heteroatoms. The molecule has 0 amide bonds. The third kappa shape index (κ3) is 4.06. The summed E-state index contributed by atoms with van der Waals surface area (Å²) in [6.45, 7) is 4.93. The Morgan fingerprint density at radius 3 is 2.40 bits per heavy atom. The van der Waals surface area contributed by atoms with Crippen LogP contribution in [-0.4, -0.2) is 0 Å². The lowest BCUT2D eigenvalue weighted by molar-refractivity contribution is 0.410. The highest BCUT2D eigenvalue weighted by atomic mass is 35.5. The van der Waals surface area contributed by atoms with E-state index in [0.29, 0.717) is 17.5 Å². The Balaban J connectivity index is 2.10. The summed E-state index contributed by atoms with van der Waals surface area (Å²) >= 11 is 5.88. The van der Waals surface area contributed by atoms with Gasteiger partial charge in [0.2, 0.25) is 0 Å². The topological polar surface area (TPSA) is 12.0 Å². The van der Waals surface area contributed by atoms with E-state index in [4.69, 9.17) is 11.6 Å².